The number of benzene rings is 7. The van der Waals surface area contributed by atoms with E-state index >= 15 is 0 Å². The van der Waals surface area contributed by atoms with Crippen molar-refractivity contribution in [3.05, 3.63) is 200 Å². The third kappa shape index (κ3) is 5.21. The SMILES string of the molecule is c1ccc(-c2cc(-c3ccccc3)nc(-c3ccc(-n4c5ccc(-c6cccc7c8ccccc8n(-c8ccccc8)c67)cc5c5ncccc54)cc3)n2)cc1. The van der Waals surface area contributed by atoms with Crippen molar-refractivity contribution >= 4 is 43.7 Å². The van der Waals surface area contributed by atoms with Crippen LogP contribution in [-0.2, 0) is 0 Å². The summed E-state index contributed by atoms with van der Waals surface area (Å²) in [5.74, 6) is 0.687. The zero-order valence-corrected chi connectivity index (χ0v) is 30.3. The highest BCUT2D eigenvalue weighted by molar-refractivity contribution is 6.15. The van der Waals surface area contributed by atoms with Gasteiger partial charge >= 0.3 is 0 Å². The zero-order valence-electron chi connectivity index (χ0n) is 30.3. The molecule has 0 radical (unpaired) electrons. The molecule has 0 spiro atoms. The standard InChI is InChI=1S/C51H33N5/c1-4-14-34(15-5-1)44-33-45(35-16-6-2-7-17-35)54-51(53-44)36-25-28-39(29-26-36)55-47-30-27-37(32-43(47)49-48(55)24-13-31-52-49)40-21-12-22-42-41-20-10-11-23-46(41)56(50(40)42)38-18-8-3-9-19-38/h1-33H. The van der Waals surface area contributed by atoms with Crippen LogP contribution in [0.1, 0.15) is 0 Å². The van der Waals surface area contributed by atoms with E-state index in [1.165, 1.54) is 27.4 Å². The number of hydrogen-bond donors (Lipinski definition) is 0. The molecular weight excluding hydrogens is 683 g/mol. The van der Waals surface area contributed by atoms with E-state index in [0.29, 0.717) is 5.82 Å². The van der Waals surface area contributed by atoms with Gasteiger partial charge in [0.25, 0.3) is 0 Å². The van der Waals surface area contributed by atoms with E-state index in [-0.39, 0.29) is 0 Å². The Kier molecular flexibility index (Phi) is 7.42. The molecule has 5 nitrogen and oxygen atoms in total. The molecule has 56 heavy (non-hydrogen) atoms. The first kappa shape index (κ1) is 31.9. The van der Waals surface area contributed by atoms with Gasteiger partial charge in [0.15, 0.2) is 5.82 Å². The van der Waals surface area contributed by atoms with Crippen LogP contribution < -0.4 is 0 Å². The lowest BCUT2D eigenvalue weighted by molar-refractivity contribution is 1.16. The van der Waals surface area contributed by atoms with Gasteiger partial charge in [-0.25, -0.2) is 9.97 Å². The summed E-state index contributed by atoms with van der Waals surface area (Å²) in [7, 11) is 0. The van der Waals surface area contributed by atoms with E-state index in [4.69, 9.17) is 15.0 Å². The van der Waals surface area contributed by atoms with Crippen molar-refractivity contribution in [2.45, 2.75) is 0 Å². The number of hydrogen-bond acceptors (Lipinski definition) is 3. The molecule has 0 atom stereocenters. The minimum atomic E-state index is 0.687. The van der Waals surface area contributed by atoms with E-state index in [2.05, 4.69) is 161 Å². The largest absolute Gasteiger partial charge is 0.309 e. The first-order valence-electron chi connectivity index (χ1n) is 18.9. The van der Waals surface area contributed by atoms with Gasteiger partial charge in [0.2, 0.25) is 0 Å². The highest BCUT2D eigenvalue weighted by Gasteiger charge is 2.19. The molecule has 4 heterocycles. The number of fused-ring (bicyclic) bond motifs is 6. The maximum atomic E-state index is 5.06. The molecule has 5 heteroatoms. The van der Waals surface area contributed by atoms with Crippen molar-refractivity contribution in [2.24, 2.45) is 0 Å². The van der Waals surface area contributed by atoms with Crippen LogP contribution >= 0.6 is 0 Å². The highest BCUT2D eigenvalue weighted by Crippen LogP contribution is 2.40. The smallest absolute Gasteiger partial charge is 0.160 e. The van der Waals surface area contributed by atoms with E-state index in [1.807, 2.05) is 48.7 Å². The number of para-hydroxylation sites is 3. The summed E-state index contributed by atoms with van der Waals surface area (Å²) in [6.07, 6.45) is 1.89. The van der Waals surface area contributed by atoms with Crippen LogP contribution in [-0.4, -0.2) is 24.1 Å². The molecule has 0 N–H and O–H groups in total. The molecular formula is C51H33N5. The summed E-state index contributed by atoms with van der Waals surface area (Å²) in [6, 6.07) is 68.2. The fraction of sp³-hybridized carbons (Fsp3) is 0. The molecule has 0 unspecified atom stereocenters. The van der Waals surface area contributed by atoms with Crippen LogP contribution in [0.5, 0.6) is 0 Å². The lowest BCUT2D eigenvalue weighted by atomic mass is 10.0. The molecule has 0 bridgehead atoms. The molecule has 0 amide bonds. The molecule has 11 rings (SSSR count). The molecule has 262 valence electrons. The minimum Gasteiger partial charge on any atom is -0.309 e. The van der Waals surface area contributed by atoms with Gasteiger partial charge in [0.05, 0.1) is 39.0 Å². The Hall–Kier alpha value is -7.63. The first-order valence-corrected chi connectivity index (χ1v) is 18.9. The van der Waals surface area contributed by atoms with Crippen LogP contribution in [0.25, 0.3) is 100 Å². The number of rotatable bonds is 6. The molecule has 0 saturated heterocycles. The Labute approximate surface area is 323 Å². The average molecular weight is 716 g/mol. The third-order valence-corrected chi connectivity index (χ3v) is 10.8. The molecule has 4 aromatic heterocycles. The second-order valence-electron chi connectivity index (χ2n) is 14.1. The van der Waals surface area contributed by atoms with Gasteiger partial charge in [-0.1, -0.05) is 121 Å². The second-order valence-corrected chi connectivity index (χ2v) is 14.1. The predicted molar refractivity (Wildman–Crippen MR) is 230 cm³/mol. The van der Waals surface area contributed by atoms with Crippen LogP contribution in [0, 0.1) is 0 Å². The lowest BCUT2D eigenvalue weighted by Gasteiger charge is -2.12. The Morgan fingerprint density at radius 3 is 1.68 bits per heavy atom. The average Bonchev–Trinajstić information content (AvgIpc) is 3.80. The monoisotopic (exact) mass is 715 g/mol. The summed E-state index contributed by atoms with van der Waals surface area (Å²) in [5.41, 5.74) is 14.9. The number of pyridine rings is 1. The summed E-state index contributed by atoms with van der Waals surface area (Å²) in [5, 5.41) is 3.58. The Morgan fingerprint density at radius 2 is 0.946 bits per heavy atom. The number of nitrogens with zero attached hydrogens (tertiary/aromatic N) is 5. The fourth-order valence-electron chi connectivity index (χ4n) is 8.23. The zero-order chi connectivity index (χ0) is 37.0. The maximum absolute atomic E-state index is 5.06. The van der Waals surface area contributed by atoms with Gasteiger partial charge in [-0.05, 0) is 78.4 Å². The van der Waals surface area contributed by atoms with Crippen molar-refractivity contribution < 1.29 is 0 Å². The highest BCUT2D eigenvalue weighted by atomic mass is 15.0. The predicted octanol–water partition coefficient (Wildman–Crippen LogP) is 12.7. The normalized spacial score (nSPS) is 11.6. The van der Waals surface area contributed by atoms with Gasteiger partial charge in [-0.3, -0.25) is 4.98 Å². The van der Waals surface area contributed by atoms with E-state index in [9.17, 15) is 0 Å². The quantitative estimate of drug-likeness (QED) is 0.172. The Balaban J connectivity index is 1.05. The molecule has 11 aromatic rings. The molecule has 0 saturated carbocycles. The van der Waals surface area contributed by atoms with Gasteiger partial charge in [0.1, 0.15) is 0 Å². The topological polar surface area (TPSA) is 48.5 Å². The molecule has 0 aliphatic carbocycles. The van der Waals surface area contributed by atoms with E-state index < -0.39 is 0 Å². The number of aromatic nitrogens is 5. The van der Waals surface area contributed by atoms with Crippen molar-refractivity contribution in [2.75, 3.05) is 0 Å². The third-order valence-electron chi connectivity index (χ3n) is 10.8. The lowest BCUT2D eigenvalue weighted by Crippen LogP contribution is -1.97. The van der Waals surface area contributed by atoms with Gasteiger partial charge < -0.3 is 9.13 Å². The molecule has 7 aromatic carbocycles. The van der Waals surface area contributed by atoms with E-state index in [1.54, 1.807) is 0 Å². The van der Waals surface area contributed by atoms with Crippen molar-refractivity contribution in [3.8, 4) is 56.4 Å². The maximum Gasteiger partial charge on any atom is 0.160 e. The molecule has 0 aliphatic heterocycles. The Bertz CT molecular complexity index is 3160. The minimum absolute atomic E-state index is 0.687. The van der Waals surface area contributed by atoms with Gasteiger partial charge in [0, 0.05) is 56.0 Å². The Morgan fingerprint density at radius 1 is 0.357 bits per heavy atom. The summed E-state index contributed by atoms with van der Waals surface area (Å²) >= 11 is 0. The van der Waals surface area contributed by atoms with Crippen LogP contribution in [0.3, 0.4) is 0 Å². The summed E-state index contributed by atoms with van der Waals surface area (Å²) in [6.45, 7) is 0. The molecule has 0 aliphatic rings. The van der Waals surface area contributed by atoms with Crippen molar-refractivity contribution in [1.29, 1.82) is 0 Å². The fourth-order valence-corrected chi connectivity index (χ4v) is 8.23. The first-order chi connectivity index (χ1) is 27.8. The van der Waals surface area contributed by atoms with Crippen molar-refractivity contribution in [1.82, 2.24) is 24.1 Å². The van der Waals surface area contributed by atoms with E-state index in [0.717, 1.165) is 67.0 Å². The second kappa shape index (κ2) is 13.0. The van der Waals surface area contributed by atoms with Crippen molar-refractivity contribution in [3.63, 3.8) is 0 Å². The van der Waals surface area contributed by atoms with Crippen LogP contribution in [0.4, 0.5) is 0 Å². The summed E-state index contributed by atoms with van der Waals surface area (Å²) < 4.78 is 4.71. The van der Waals surface area contributed by atoms with Crippen LogP contribution in [0.2, 0.25) is 0 Å². The van der Waals surface area contributed by atoms with Gasteiger partial charge in [-0.2, -0.15) is 0 Å². The molecule has 0 fully saturated rings. The summed E-state index contributed by atoms with van der Waals surface area (Å²) in [4.78, 5) is 15.1. The van der Waals surface area contributed by atoms with Gasteiger partial charge in [-0.15, -0.1) is 0 Å². The van der Waals surface area contributed by atoms with Crippen LogP contribution in [0.15, 0.2) is 200 Å².